The molecular formula is C18H18N4O6. The number of hydrogen-bond donors (Lipinski definition) is 1. The van der Waals surface area contributed by atoms with Crippen molar-refractivity contribution >= 4 is 17.6 Å². The van der Waals surface area contributed by atoms with Gasteiger partial charge in [-0.3, -0.25) is 24.5 Å². The summed E-state index contributed by atoms with van der Waals surface area (Å²) >= 11 is 0. The molecule has 10 heteroatoms. The minimum atomic E-state index is -1.00. The quantitative estimate of drug-likeness (QED) is 0.617. The van der Waals surface area contributed by atoms with E-state index in [-0.39, 0.29) is 30.4 Å². The second-order valence-electron chi connectivity index (χ2n) is 6.79. The van der Waals surface area contributed by atoms with Crippen molar-refractivity contribution in [2.45, 2.75) is 13.8 Å². The molecule has 0 radical (unpaired) electrons. The lowest BCUT2D eigenvalue weighted by molar-refractivity contribution is -0.384. The smallest absolute Gasteiger partial charge is 0.308 e. The van der Waals surface area contributed by atoms with E-state index in [4.69, 9.17) is 0 Å². The van der Waals surface area contributed by atoms with Crippen molar-refractivity contribution in [1.29, 1.82) is 0 Å². The molecule has 10 nitrogen and oxygen atoms in total. The first-order valence-electron chi connectivity index (χ1n) is 8.57. The molecule has 1 N–H and O–H groups in total. The molecule has 0 unspecified atom stereocenters. The van der Waals surface area contributed by atoms with Crippen molar-refractivity contribution in [2.75, 3.05) is 13.1 Å². The van der Waals surface area contributed by atoms with Gasteiger partial charge >= 0.3 is 5.97 Å². The molecule has 0 spiro atoms. The molecular weight excluding hydrogens is 368 g/mol. The van der Waals surface area contributed by atoms with Crippen molar-refractivity contribution < 1.29 is 19.6 Å². The predicted octanol–water partition coefficient (Wildman–Crippen LogP) is 1.24. The van der Waals surface area contributed by atoms with Crippen LogP contribution in [0.15, 0.2) is 35.1 Å². The Morgan fingerprint density at radius 3 is 2.57 bits per heavy atom. The van der Waals surface area contributed by atoms with Crippen molar-refractivity contribution in [3.05, 3.63) is 62.1 Å². The molecule has 0 bridgehead atoms. The SMILES string of the molecule is Cc1cc(=O)c(C(=O)N2C[C@@H](C)[C@H](C(=O)O)C2)nn1-c1ccccc1[N+](=O)[O-]. The van der Waals surface area contributed by atoms with Crippen LogP contribution in [-0.4, -0.2) is 49.7 Å². The fourth-order valence-electron chi connectivity index (χ4n) is 3.34. The van der Waals surface area contributed by atoms with Gasteiger partial charge in [-0.2, -0.15) is 5.10 Å². The maximum absolute atomic E-state index is 12.8. The number of aliphatic carboxylic acids is 1. The van der Waals surface area contributed by atoms with Crippen LogP contribution in [0.25, 0.3) is 5.69 Å². The van der Waals surface area contributed by atoms with Gasteiger partial charge in [0, 0.05) is 30.9 Å². The summed E-state index contributed by atoms with van der Waals surface area (Å²) in [6.07, 6.45) is 0. The molecule has 1 aliphatic rings. The Balaban J connectivity index is 2.04. The zero-order valence-corrected chi connectivity index (χ0v) is 15.2. The molecule has 0 saturated carbocycles. The molecule has 28 heavy (non-hydrogen) atoms. The van der Waals surface area contributed by atoms with Crippen LogP contribution < -0.4 is 5.43 Å². The Hall–Kier alpha value is -3.56. The van der Waals surface area contributed by atoms with Gasteiger partial charge in [0.2, 0.25) is 5.43 Å². The largest absolute Gasteiger partial charge is 0.481 e. The van der Waals surface area contributed by atoms with Crippen LogP contribution in [0.4, 0.5) is 5.69 Å². The highest BCUT2D eigenvalue weighted by atomic mass is 16.6. The minimum Gasteiger partial charge on any atom is -0.481 e. The lowest BCUT2D eigenvalue weighted by Gasteiger charge is -2.16. The number of carboxylic acid groups (broad SMARTS) is 1. The lowest BCUT2D eigenvalue weighted by atomic mass is 9.99. The van der Waals surface area contributed by atoms with E-state index in [2.05, 4.69) is 5.10 Å². The highest BCUT2D eigenvalue weighted by Crippen LogP contribution is 2.25. The number of aromatic nitrogens is 2. The van der Waals surface area contributed by atoms with Crippen molar-refractivity contribution in [3.8, 4) is 5.69 Å². The van der Waals surface area contributed by atoms with Crippen LogP contribution >= 0.6 is 0 Å². The van der Waals surface area contributed by atoms with Gasteiger partial charge in [-0.1, -0.05) is 19.1 Å². The molecule has 146 valence electrons. The number of carbonyl (C=O) groups excluding carboxylic acids is 1. The van der Waals surface area contributed by atoms with Crippen LogP contribution in [0.2, 0.25) is 0 Å². The molecule has 0 aliphatic carbocycles. The van der Waals surface area contributed by atoms with E-state index in [9.17, 15) is 29.6 Å². The second kappa shape index (κ2) is 7.22. The maximum atomic E-state index is 12.8. The van der Waals surface area contributed by atoms with Crippen LogP contribution in [-0.2, 0) is 4.79 Å². The fraction of sp³-hybridized carbons (Fsp3) is 0.333. The highest BCUT2D eigenvalue weighted by Gasteiger charge is 2.38. The number of rotatable bonds is 4. The third-order valence-corrected chi connectivity index (χ3v) is 4.83. The van der Waals surface area contributed by atoms with Gasteiger partial charge in [-0.05, 0) is 18.9 Å². The molecule has 2 atom stereocenters. The molecule has 2 aromatic rings. The number of carbonyl (C=O) groups is 2. The van der Waals surface area contributed by atoms with Gasteiger partial charge in [0.1, 0.15) is 5.69 Å². The summed E-state index contributed by atoms with van der Waals surface area (Å²) in [6, 6.07) is 7.04. The molecule has 3 rings (SSSR count). The number of aryl methyl sites for hydroxylation is 1. The number of nitrogens with zero attached hydrogens (tertiary/aromatic N) is 4. The zero-order valence-electron chi connectivity index (χ0n) is 15.2. The predicted molar refractivity (Wildman–Crippen MR) is 97.4 cm³/mol. The monoisotopic (exact) mass is 386 g/mol. The van der Waals surface area contributed by atoms with E-state index in [1.165, 1.54) is 33.8 Å². The normalized spacial score (nSPS) is 18.9. The summed E-state index contributed by atoms with van der Waals surface area (Å²) in [6.45, 7) is 3.45. The first-order valence-corrected chi connectivity index (χ1v) is 8.57. The number of hydrogen-bond acceptors (Lipinski definition) is 6. The molecule has 1 aliphatic heterocycles. The summed E-state index contributed by atoms with van der Waals surface area (Å²) in [7, 11) is 0. The molecule has 1 amide bonds. The number of nitro benzene ring substituents is 1. The lowest BCUT2D eigenvalue weighted by Crippen LogP contribution is -2.35. The number of benzene rings is 1. The maximum Gasteiger partial charge on any atom is 0.308 e. The summed E-state index contributed by atoms with van der Waals surface area (Å²) in [5, 5.41) is 24.6. The van der Waals surface area contributed by atoms with E-state index >= 15 is 0 Å². The standard InChI is InChI=1S/C18H18N4O6/c1-10-8-20(9-12(10)18(25)26)17(24)16-15(23)7-11(2)21(19-16)13-5-3-4-6-14(13)22(27)28/h3-7,10,12H,8-9H2,1-2H3,(H,25,26)/t10-,12-/m1/s1. The fourth-order valence-corrected chi connectivity index (χ4v) is 3.34. The van der Waals surface area contributed by atoms with Crippen molar-refractivity contribution in [3.63, 3.8) is 0 Å². The molecule has 2 heterocycles. The molecule has 1 aromatic carbocycles. The van der Waals surface area contributed by atoms with E-state index in [1.54, 1.807) is 19.9 Å². The Bertz CT molecular complexity index is 1030. The first kappa shape index (κ1) is 19.2. The van der Waals surface area contributed by atoms with Gasteiger partial charge in [-0.15, -0.1) is 0 Å². The number of carboxylic acids is 1. The van der Waals surface area contributed by atoms with Gasteiger partial charge in [0.25, 0.3) is 11.6 Å². The Morgan fingerprint density at radius 2 is 1.96 bits per heavy atom. The van der Waals surface area contributed by atoms with Crippen LogP contribution in [0, 0.1) is 28.9 Å². The summed E-state index contributed by atoms with van der Waals surface area (Å²) in [5.74, 6) is -2.67. The number of likely N-dealkylation sites (tertiary alicyclic amines) is 1. The van der Waals surface area contributed by atoms with Crippen LogP contribution in [0.1, 0.15) is 23.1 Å². The van der Waals surface area contributed by atoms with Crippen LogP contribution in [0.3, 0.4) is 0 Å². The van der Waals surface area contributed by atoms with Crippen molar-refractivity contribution in [1.82, 2.24) is 14.7 Å². The van der Waals surface area contributed by atoms with Gasteiger partial charge in [0.05, 0.1) is 10.8 Å². The van der Waals surface area contributed by atoms with Gasteiger partial charge in [0.15, 0.2) is 5.69 Å². The topological polar surface area (TPSA) is 136 Å². The van der Waals surface area contributed by atoms with E-state index in [0.29, 0.717) is 5.69 Å². The Morgan fingerprint density at radius 1 is 1.29 bits per heavy atom. The highest BCUT2D eigenvalue weighted by molar-refractivity contribution is 5.93. The van der Waals surface area contributed by atoms with Crippen LogP contribution in [0.5, 0.6) is 0 Å². The molecule has 1 fully saturated rings. The summed E-state index contributed by atoms with van der Waals surface area (Å²) < 4.78 is 1.18. The Labute approximate surface area is 159 Å². The van der Waals surface area contributed by atoms with E-state index < -0.39 is 33.8 Å². The molecule has 1 aromatic heterocycles. The summed E-state index contributed by atoms with van der Waals surface area (Å²) in [4.78, 5) is 48.5. The third-order valence-electron chi connectivity index (χ3n) is 4.83. The molecule has 1 saturated heterocycles. The Kier molecular flexibility index (Phi) is 4.95. The van der Waals surface area contributed by atoms with Gasteiger partial charge in [-0.25, -0.2) is 4.68 Å². The second-order valence-corrected chi connectivity index (χ2v) is 6.79. The average Bonchev–Trinajstić information content (AvgIpc) is 3.03. The minimum absolute atomic E-state index is 0.0180. The summed E-state index contributed by atoms with van der Waals surface area (Å²) in [5.41, 5.74) is -0.794. The zero-order chi connectivity index (χ0) is 20.6. The number of nitro groups is 1. The van der Waals surface area contributed by atoms with Crippen molar-refractivity contribution in [2.24, 2.45) is 11.8 Å². The van der Waals surface area contributed by atoms with Gasteiger partial charge < -0.3 is 10.0 Å². The average molecular weight is 386 g/mol. The van der Waals surface area contributed by atoms with E-state index in [0.717, 1.165) is 0 Å². The van der Waals surface area contributed by atoms with E-state index in [1.807, 2.05) is 0 Å². The number of para-hydroxylation sites is 2. The third kappa shape index (κ3) is 3.36. The number of amides is 1. The first-order chi connectivity index (χ1) is 13.2.